The largest absolute Gasteiger partial charge is 0.464 e. The van der Waals surface area contributed by atoms with E-state index in [4.69, 9.17) is 4.42 Å². The fourth-order valence-corrected chi connectivity index (χ4v) is 4.40. The summed E-state index contributed by atoms with van der Waals surface area (Å²) in [5, 5.41) is 4.57. The number of fused-ring (bicyclic) bond motifs is 3. The van der Waals surface area contributed by atoms with Gasteiger partial charge < -0.3 is 14.6 Å². The highest BCUT2D eigenvalue weighted by molar-refractivity contribution is 5.90. The lowest BCUT2D eigenvalue weighted by atomic mass is 10.0. The lowest BCUT2D eigenvalue weighted by molar-refractivity contribution is -0.133. The van der Waals surface area contributed by atoms with Crippen molar-refractivity contribution in [2.24, 2.45) is 0 Å². The van der Waals surface area contributed by atoms with Crippen LogP contribution in [-0.2, 0) is 11.2 Å². The predicted molar refractivity (Wildman–Crippen MR) is 90.5 cm³/mol. The van der Waals surface area contributed by atoms with Crippen LogP contribution in [0.5, 0.6) is 0 Å². The molecule has 2 saturated heterocycles. The van der Waals surface area contributed by atoms with Gasteiger partial charge in [0.2, 0.25) is 5.91 Å². The van der Waals surface area contributed by atoms with Crippen LogP contribution in [0.15, 0.2) is 22.8 Å². The fourth-order valence-electron chi connectivity index (χ4n) is 4.40. The van der Waals surface area contributed by atoms with Crippen molar-refractivity contribution in [2.75, 3.05) is 13.1 Å². The minimum atomic E-state index is 0.254. The number of hydrogen-bond acceptors (Lipinski definition) is 3. The molecule has 0 unspecified atom stereocenters. The molecule has 4 rings (SSSR count). The number of amides is 1. The van der Waals surface area contributed by atoms with E-state index in [9.17, 15) is 4.79 Å². The standard InChI is InChI=1S/C19H24N2O2/c1-12-7-13(2)19-14(11-23-17(19)8-12)9-18(22)21-15-3-4-16(21)10-20-6-5-15/h7-8,11,15-16,20H,3-6,9-10H2,1-2H3/t15-,16+/m0/s1. The van der Waals surface area contributed by atoms with Crippen molar-refractivity contribution in [3.05, 3.63) is 35.1 Å². The summed E-state index contributed by atoms with van der Waals surface area (Å²) in [4.78, 5) is 15.1. The number of carbonyl (C=O) groups is 1. The van der Waals surface area contributed by atoms with Crippen molar-refractivity contribution in [3.63, 3.8) is 0 Å². The number of furan rings is 1. The van der Waals surface area contributed by atoms with E-state index in [-0.39, 0.29) is 5.91 Å². The van der Waals surface area contributed by atoms with E-state index in [1.54, 1.807) is 6.26 Å². The van der Waals surface area contributed by atoms with Crippen LogP contribution in [0.4, 0.5) is 0 Å². The lowest BCUT2D eigenvalue weighted by Crippen LogP contribution is -2.43. The Morgan fingerprint density at radius 1 is 1.26 bits per heavy atom. The SMILES string of the molecule is Cc1cc(C)c2c(CC(=O)N3[C@@H]4CCNC[C@H]3CC4)coc2c1. The second-order valence-corrected chi connectivity index (χ2v) is 7.07. The topological polar surface area (TPSA) is 45.5 Å². The number of benzene rings is 1. The number of aryl methyl sites for hydroxylation is 2. The molecule has 2 fully saturated rings. The van der Waals surface area contributed by atoms with E-state index in [2.05, 4.69) is 36.2 Å². The second kappa shape index (κ2) is 5.68. The van der Waals surface area contributed by atoms with Crippen LogP contribution in [0.25, 0.3) is 11.0 Å². The molecule has 122 valence electrons. The van der Waals surface area contributed by atoms with Crippen molar-refractivity contribution < 1.29 is 9.21 Å². The molecule has 0 aliphatic carbocycles. The van der Waals surface area contributed by atoms with Gasteiger partial charge in [0.05, 0.1) is 12.7 Å². The summed E-state index contributed by atoms with van der Waals surface area (Å²) in [6, 6.07) is 5.00. The molecule has 3 heterocycles. The highest BCUT2D eigenvalue weighted by Gasteiger charge is 2.37. The van der Waals surface area contributed by atoms with E-state index in [0.29, 0.717) is 18.5 Å². The Morgan fingerprint density at radius 2 is 2.09 bits per heavy atom. The zero-order valence-electron chi connectivity index (χ0n) is 13.9. The van der Waals surface area contributed by atoms with Crippen LogP contribution in [0, 0.1) is 13.8 Å². The molecule has 0 spiro atoms. The third-order valence-electron chi connectivity index (χ3n) is 5.38. The Morgan fingerprint density at radius 3 is 2.96 bits per heavy atom. The van der Waals surface area contributed by atoms with Crippen molar-refractivity contribution >= 4 is 16.9 Å². The Balaban J connectivity index is 1.62. The Labute approximate surface area is 136 Å². The molecular formula is C19H24N2O2. The summed E-state index contributed by atoms with van der Waals surface area (Å²) in [5.74, 6) is 0.254. The normalized spacial score (nSPS) is 24.2. The van der Waals surface area contributed by atoms with Gasteiger partial charge in [-0.15, -0.1) is 0 Å². The minimum Gasteiger partial charge on any atom is -0.464 e. The smallest absolute Gasteiger partial charge is 0.227 e. The Hall–Kier alpha value is -1.81. The lowest BCUT2D eigenvalue weighted by Gasteiger charge is -2.27. The summed E-state index contributed by atoms with van der Waals surface area (Å²) < 4.78 is 5.71. The van der Waals surface area contributed by atoms with Crippen molar-refractivity contribution in [3.8, 4) is 0 Å². The van der Waals surface area contributed by atoms with Crippen LogP contribution < -0.4 is 5.32 Å². The molecule has 1 N–H and O–H groups in total. The van der Waals surface area contributed by atoms with E-state index in [1.165, 1.54) is 11.1 Å². The molecule has 4 nitrogen and oxygen atoms in total. The van der Waals surface area contributed by atoms with Crippen LogP contribution in [0.2, 0.25) is 0 Å². The van der Waals surface area contributed by atoms with Crippen LogP contribution >= 0.6 is 0 Å². The maximum atomic E-state index is 13.0. The first-order valence-corrected chi connectivity index (χ1v) is 8.62. The van der Waals surface area contributed by atoms with Gasteiger partial charge in [-0.3, -0.25) is 4.79 Å². The first-order valence-electron chi connectivity index (χ1n) is 8.62. The van der Waals surface area contributed by atoms with Gasteiger partial charge in [0.15, 0.2) is 0 Å². The van der Waals surface area contributed by atoms with Crippen molar-refractivity contribution in [1.29, 1.82) is 0 Å². The van der Waals surface area contributed by atoms with E-state index < -0.39 is 0 Å². The zero-order valence-corrected chi connectivity index (χ0v) is 13.9. The van der Waals surface area contributed by atoms with Gasteiger partial charge in [-0.2, -0.15) is 0 Å². The Kier molecular flexibility index (Phi) is 3.64. The van der Waals surface area contributed by atoms with Gasteiger partial charge in [0.1, 0.15) is 5.58 Å². The van der Waals surface area contributed by atoms with Gasteiger partial charge in [-0.05, 0) is 56.8 Å². The molecule has 0 radical (unpaired) electrons. The van der Waals surface area contributed by atoms with Gasteiger partial charge >= 0.3 is 0 Å². The maximum Gasteiger partial charge on any atom is 0.227 e. The van der Waals surface area contributed by atoms with Gasteiger partial charge in [0, 0.05) is 29.6 Å². The predicted octanol–water partition coefficient (Wildman–Crippen LogP) is 2.95. The number of nitrogens with one attached hydrogen (secondary N) is 1. The van der Waals surface area contributed by atoms with Gasteiger partial charge in [-0.25, -0.2) is 0 Å². The molecule has 2 atom stereocenters. The maximum absolute atomic E-state index is 13.0. The summed E-state index contributed by atoms with van der Waals surface area (Å²) in [6.07, 6.45) is 5.58. The van der Waals surface area contributed by atoms with Crippen LogP contribution in [-0.4, -0.2) is 36.0 Å². The fraction of sp³-hybridized carbons (Fsp3) is 0.526. The average Bonchev–Trinajstić information content (AvgIpc) is 2.98. The molecule has 2 aliphatic rings. The molecule has 4 heteroatoms. The highest BCUT2D eigenvalue weighted by Crippen LogP contribution is 2.31. The summed E-state index contributed by atoms with van der Waals surface area (Å²) in [5.41, 5.74) is 4.31. The first kappa shape index (κ1) is 14.8. The van der Waals surface area contributed by atoms with Crippen LogP contribution in [0.3, 0.4) is 0 Å². The molecule has 1 aromatic carbocycles. The number of nitrogens with zero attached hydrogens (tertiary/aromatic N) is 1. The monoisotopic (exact) mass is 312 g/mol. The van der Waals surface area contributed by atoms with Gasteiger partial charge in [-0.1, -0.05) is 6.07 Å². The zero-order chi connectivity index (χ0) is 16.0. The molecule has 2 aliphatic heterocycles. The average molecular weight is 312 g/mol. The van der Waals surface area contributed by atoms with Gasteiger partial charge in [0.25, 0.3) is 0 Å². The third kappa shape index (κ3) is 2.55. The molecule has 2 bridgehead atoms. The molecule has 0 saturated carbocycles. The summed E-state index contributed by atoms with van der Waals surface area (Å²) in [6.45, 7) is 6.13. The quantitative estimate of drug-likeness (QED) is 0.927. The van der Waals surface area contributed by atoms with E-state index in [1.807, 2.05) is 0 Å². The highest BCUT2D eigenvalue weighted by atomic mass is 16.3. The first-order chi connectivity index (χ1) is 11.1. The Bertz CT molecular complexity index is 735. The number of rotatable bonds is 2. The molecule has 2 aromatic rings. The number of carbonyl (C=O) groups excluding carboxylic acids is 1. The second-order valence-electron chi connectivity index (χ2n) is 7.07. The number of hydrogen-bond donors (Lipinski definition) is 1. The summed E-state index contributed by atoms with van der Waals surface area (Å²) in [7, 11) is 0. The van der Waals surface area contributed by atoms with Crippen LogP contribution in [0.1, 0.15) is 36.0 Å². The van der Waals surface area contributed by atoms with E-state index in [0.717, 1.165) is 48.9 Å². The molecule has 1 aromatic heterocycles. The third-order valence-corrected chi connectivity index (χ3v) is 5.38. The van der Waals surface area contributed by atoms with Crippen molar-refractivity contribution in [1.82, 2.24) is 10.2 Å². The van der Waals surface area contributed by atoms with E-state index >= 15 is 0 Å². The molecule has 1 amide bonds. The summed E-state index contributed by atoms with van der Waals surface area (Å²) >= 11 is 0. The molecule has 23 heavy (non-hydrogen) atoms. The molecular weight excluding hydrogens is 288 g/mol. The minimum absolute atomic E-state index is 0.254. The van der Waals surface area contributed by atoms with Crippen molar-refractivity contribution in [2.45, 2.75) is 51.6 Å².